The van der Waals surface area contributed by atoms with Crippen molar-refractivity contribution in [1.82, 2.24) is 15.1 Å². The van der Waals surface area contributed by atoms with Gasteiger partial charge in [-0.25, -0.2) is 0 Å². The first kappa shape index (κ1) is 12.6. The van der Waals surface area contributed by atoms with Gasteiger partial charge in [-0.3, -0.25) is 14.3 Å². The summed E-state index contributed by atoms with van der Waals surface area (Å²) in [6, 6.07) is 1.59. The highest BCUT2D eigenvalue weighted by Crippen LogP contribution is 2.26. The molecule has 0 aliphatic heterocycles. The van der Waals surface area contributed by atoms with E-state index >= 15 is 0 Å². The maximum Gasteiger partial charge on any atom is 0.271 e. The highest BCUT2D eigenvalue weighted by Gasteiger charge is 2.23. The van der Waals surface area contributed by atoms with E-state index in [2.05, 4.69) is 15.7 Å². The topological polar surface area (TPSA) is 76.0 Å². The van der Waals surface area contributed by atoms with E-state index in [9.17, 15) is 9.59 Å². The third-order valence-corrected chi connectivity index (χ3v) is 3.32. The number of carbonyl (C=O) groups is 2. The van der Waals surface area contributed by atoms with Gasteiger partial charge < -0.3 is 10.6 Å². The maximum atomic E-state index is 12.0. The molecule has 0 bridgehead atoms. The number of aryl methyl sites for hydroxylation is 1. The SMILES string of the molecule is CNC(=O)c1cc(NC(=O)C2CCCC2)n(C)n1. The van der Waals surface area contributed by atoms with Crippen LogP contribution in [0.15, 0.2) is 6.07 Å². The Balaban J connectivity index is 2.06. The molecule has 98 valence electrons. The predicted octanol–water partition coefficient (Wildman–Crippen LogP) is 0.908. The second kappa shape index (κ2) is 5.20. The van der Waals surface area contributed by atoms with Crippen LogP contribution in [-0.4, -0.2) is 28.6 Å². The van der Waals surface area contributed by atoms with Gasteiger partial charge in [0.1, 0.15) is 5.82 Å². The molecule has 2 amide bonds. The van der Waals surface area contributed by atoms with Gasteiger partial charge in [-0.05, 0) is 12.8 Å². The van der Waals surface area contributed by atoms with Crippen LogP contribution in [0.4, 0.5) is 5.82 Å². The minimum absolute atomic E-state index is 0.0268. The molecule has 1 aliphatic rings. The van der Waals surface area contributed by atoms with Crippen molar-refractivity contribution < 1.29 is 9.59 Å². The monoisotopic (exact) mass is 250 g/mol. The van der Waals surface area contributed by atoms with Crippen LogP contribution in [0.3, 0.4) is 0 Å². The first-order valence-corrected chi connectivity index (χ1v) is 6.19. The molecule has 0 atom stereocenters. The number of hydrogen-bond acceptors (Lipinski definition) is 3. The van der Waals surface area contributed by atoms with E-state index in [0.29, 0.717) is 11.5 Å². The second-order valence-electron chi connectivity index (χ2n) is 4.59. The summed E-state index contributed by atoms with van der Waals surface area (Å²) in [7, 11) is 3.25. The number of amides is 2. The van der Waals surface area contributed by atoms with Gasteiger partial charge >= 0.3 is 0 Å². The molecule has 1 fully saturated rings. The van der Waals surface area contributed by atoms with Crippen molar-refractivity contribution in [3.63, 3.8) is 0 Å². The highest BCUT2D eigenvalue weighted by molar-refractivity contribution is 5.96. The number of nitrogens with one attached hydrogen (secondary N) is 2. The lowest BCUT2D eigenvalue weighted by atomic mass is 10.1. The Labute approximate surface area is 106 Å². The summed E-state index contributed by atoms with van der Waals surface area (Å²) in [6.45, 7) is 0. The molecule has 2 N–H and O–H groups in total. The zero-order valence-electron chi connectivity index (χ0n) is 10.7. The van der Waals surface area contributed by atoms with Gasteiger partial charge in [0.25, 0.3) is 5.91 Å². The summed E-state index contributed by atoms with van der Waals surface area (Å²) >= 11 is 0. The number of rotatable bonds is 3. The Morgan fingerprint density at radius 3 is 2.67 bits per heavy atom. The lowest BCUT2D eigenvalue weighted by Gasteiger charge is -2.09. The van der Waals surface area contributed by atoms with Gasteiger partial charge in [-0.1, -0.05) is 12.8 Å². The molecule has 6 heteroatoms. The first-order valence-electron chi connectivity index (χ1n) is 6.19. The fourth-order valence-corrected chi connectivity index (χ4v) is 2.24. The van der Waals surface area contributed by atoms with Gasteiger partial charge in [0.15, 0.2) is 5.69 Å². The number of nitrogens with zero attached hydrogens (tertiary/aromatic N) is 2. The summed E-state index contributed by atoms with van der Waals surface area (Å²) in [5.74, 6) is 0.430. The average Bonchev–Trinajstić information content (AvgIpc) is 2.99. The van der Waals surface area contributed by atoms with Gasteiger partial charge in [0.2, 0.25) is 5.91 Å². The second-order valence-corrected chi connectivity index (χ2v) is 4.59. The van der Waals surface area contributed by atoms with E-state index in [4.69, 9.17) is 0 Å². The largest absolute Gasteiger partial charge is 0.354 e. The molecule has 0 unspecified atom stereocenters. The van der Waals surface area contributed by atoms with Crippen LogP contribution in [-0.2, 0) is 11.8 Å². The predicted molar refractivity (Wildman–Crippen MR) is 67.2 cm³/mol. The lowest BCUT2D eigenvalue weighted by Crippen LogP contribution is -2.21. The van der Waals surface area contributed by atoms with Crippen molar-refractivity contribution >= 4 is 17.6 Å². The Morgan fingerprint density at radius 1 is 1.39 bits per heavy atom. The fraction of sp³-hybridized carbons (Fsp3) is 0.583. The van der Waals surface area contributed by atoms with Crippen LogP contribution in [0.5, 0.6) is 0 Å². The fourth-order valence-electron chi connectivity index (χ4n) is 2.24. The van der Waals surface area contributed by atoms with Crippen molar-refractivity contribution in [2.45, 2.75) is 25.7 Å². The van der Waals surface area contributed by atoms with Crippen LogP contribution in [0, 0.1) is 5.92 Å². The molecule has 0 radical (unpaired) electrons. The van der Waals surface area contributed by atoms with Crippen LogP contribution >= 0.6 is 0 Å². The molecule has 1 aromatic rings. The molecule has 1 heterocycles. The van der Waals surface area contributed by atoms with Crippen molar-refractivity contribution in [2.24, 2.45) is 13.0 Å². The van der Waals surface area contributed by atoms with E-state index in [0.717, 1.165) is 25.7 Å². The summed E-state index contributed by atoms with van der Waals surface area (Å²) in [5.41, 5.74) is 0.307. The smallest absolute Gasteiger partial charge is 0.271 e. The van der Waals surface area contributed by atoms with Crippen molar-refractivity contribution in [3.05, 3.63) is 11.8 Å². The molecule has 6 nitrogen and oxygen atoms in total. The molecule has 2 rings (SSSR count). The van der Waals surface area contributed by atoms with Crippen LogP contribution in [0.25, 0.3) is 0 Å². The van der Waals surface area contributed by atoms with Crippen LogP contribution in [0.2, 0.25) is 0 Å². The Hall–Kier alpha value is -1.85. The molecule has 1 saturated carbocycles. The summed E-state index contributed by atoms with van der Waals surface area (Å²) in [5, 5.41) is 9.39. The van der Waals surface area contributed by atoms with Gasteiger partial charge in [0, 0.05) is 26.1 Å². The molecule has 18 heavy (non-hydrogen) atoms. The number of aromatic nitrogens is 2. The first-order chi connectivity index (χ1) is 8.61. The minimum atomic E-state index is -0.257. The molecular formula is C12H18N4O2. The zero-order valence-corrected chi connectivity index (χ0v) is 10.7. The summed E-state index contributed by atoms with van der Waals surface area (Å²) in [6.07, 6.45) is 4.14. The van der Waals surface area contributed by atoms with Gasteiger partial charge in [-0.2, -0.15) is 5.10 Å². The molecular weight excluding hydrogens is 232 g/mol. The third-order valence-electron chi connectivity index (χ3n) is 3.32. The number of anilines is 1. The van der Waals surface area contributed by atoms with Crippen molar-refractivity contribution in [3.8, 4) is 0 Å². The third kappa shape index (κ3) is 2.52. The minimum Gasteiger partial charge on any atom is -0.354 e. The molecule has 0 spiro atoms. The van der Waals surface area contributed by atoms with Crippen LogP contribution in [0.1, 0.15) is 36.2 Å². The van der Waals surface area contributed by atoms with E-state index < -0.39 is 0 Å². The van der Waals surface area contributed by atoms with E-state index in [1.165, 1.54) is 4.68 Å². The molecule has 0 aromatic carbocycles. The number of hydrogen-bond donors (Lipinski definition) is 2. The Morgan fingerprint density at radius 2 is 2.06 bits per heavy atom. The van der Waals surface area contributed by atoms with Gasteiger partial charge in [0.05, 0.1) is 0 Å². The van der Waals surface area contributed by atoms with E-state index in [1.807, 2.05) is 0 Å². The van der Waals surface area contributed by atoms with Gasteiger partial charge in [-0.15, -0.1) is 0 Å². The zero-order chi connectivity index (χ0) is 13.1. The van der Waals surface area contributed by atoms with Crippen molar-refractivity contribution in [1.29, 1.82) is 0 Å². The van der Waals surface area contributed by atoms with E-state index in [-0.39, 0.29) is 17.7 Å². The molecule has 1 aromatic heterocycles. The summed E-state index contributed by atoms with van der Waals surface area (Å²) < 4.78 is 1.51. The molecule has 0 saturated heterocycles. The average molecular weight is 250 g/mol. The maximum absolute atomic E-state index is 12.0. The summed E-state index contributed by atoms with van der Waals surface area (Å²) in [4.78, 5) is 23.4. The van der Waals surface area contributed by atoms with Crippen LogP contribution < -0.4 is 10.6 Å². The van der Waals surface area contributed by atoms with Crippen molar-refractivity contribution in [2.75, 3.05) is 12.4 Å². The van der Waals surface area contributed by atoms with E-state index in [1.54, 1.807) is 20.2 Å². The number of carbonyl (C=O) groups excluding carboxylic acids is 2. The Bertz CT molecular complexity index is 461. The standard InChI is InChI=1S/C12H18N4O2/c1-13-12(18)9-7-10(16(2)15-9)14-11(17)8-5-3-4-6-8/h7-8H,3-6H2,1-2H3,(H,13,18)(H,14,17). The quantitative estimate of drug-likeness (QED) is 0.837. The normalized spacial score (nSPS) is 15.7. The Kier molecular flexibility index (Phi) is 3.64. The lowest BCUT2D eigenvalue weighted by molar-refractivity contribution is -0.119. The molecule has 1 aliphatic carbocycles. The highest BCUT2D eigenvalue weighted by atomic mass is 16.2.